The van der Waals surface area contributed by atoms with E-state index in [4.69, 9.17) is 14.2 Å². The van der Waals surface area contributed by atoms with Crippen molar-refractivity contribution in [3.05, 3.63) is 29.8 Å². The second kappa shape index (κ2) is 10.3. The van der Waals surface area contributed by atoms with E-state index in [-0.39, 0.29) is 24.0 Å². The summed E-state index contributed by atoms with van der Waals surface area (Å²) in [6.07, 6.45) is 2.36. The number of guanidine groups is 1. The van der Waals surface area contributed by atoms with Gasteiger partial charge in [0.1, 0.15) is 5.75 Å². The topological polar surface area (TPSA) is 55.3 Å². The second-order valence-corrected chi connectivity index (χ2v) is 6.81. The average Bonchev–Trinajstić information content (AvgIpc) is 3.28. The van der Waals surface area contributed by atoms with Crippen LogP contribution in [0.4, 0.5) is 0 Å². The van der Waals surface area contributed by atoms with Gasteiger partial charge >= 0.3 is 0 Å². The first kappa shape index (κ1) is 21.2. The SMILES string of the molecule is CN=C(NCCOCc1ccccc1OC)N1CCC2(CCOC2)C1.I. The fraction of sp³-hybridized carbons (Fsp3) is 0.632. The van der Waals surface area contributed by atoms with Gasteiger partial charge in [-0.15, -0.1) is 24.0 Å². The fourth-order valence-electron chi connectivity index (χ4n) is 3.66. The van der Waals surface area contributed by atoms with E-state index in [1.54, 1.807) is 7.11 Å². The molecule has 0 aliphatic carbocycles. The number of ether oxygens (including phenoxy) is 3. The monoisotopic (exact) mass is 475 g/mol. The first-order valence-corrected chi connectivity index (χ1v) is 8.99. The molecule has 1 N–H and O–H groups in total. The lowest BCUT2D eigenvalue weighted by molar-refractivity contribution is 0.123. The van der Waals surface area contributed by atoms with Gasteiger partial charge in [0.2, 0.25) is 0 Å². The summed E-state index contributed by atoms with van der Waals surface area (Å²) in [4.78, 5) is 6.77. The zero-order chi connectivity index (χ0) is 17.5. The molecule has 0 aromatic heterocycles. The number of rotatable bonds is 6. The molecule has 1 atom stereocenters. The van der Waals surface area contributed by atoms with Crippen LogP contribution in [0, 0.1) is 5.41 Å². The van der Waals surface area contributed by atoms with Crippen LogP contribution in [0.2, 0.25) is 0 Å². The molecule has 0 radical (unpaired) electrons. The van der Waals surface area contributed by atoms with E-state index < -0.39 is 0 Å². The van der Waals surface area contributed by atoms with Gasteiger partial charge in [-0.25, -0.2) is 0 Å². The minimum absolute atomic E-state index is 0. The molecule has 1 spiro atoms. The number of likely N-dealkylation sites (tertiary alicyclic amines) is 1. The molecule has 1 unspecified atom stereocenters. The molecule has 2 fully saturated rings. The Morgan fingerprint density at radius 3 is 2.92 bits per heavy atom. The summed E-state index contributed by atoms with van der Waals surface area (Å²) in [6, 6.07) is 7.94. The number of nitrogens with zero attached hydrogens (tertiary/aromatic N) is 2. The maximum absolute atomic E-state index is 5.78. The molecule has 146 valence electrons. The molecular weight excluding hydrogens is 445 g/mol. The number of halogens is 1. The first-order valence-electron chi connectivity index (χ1n) is 8.99. The number of methoxy groups -OCH3 is 1. The van der Waals surface area contributed by atoms with Gasteiger partial charge in [-0.1, -0.05) is 18.2 Å². The molecule has 0 bridgehead atoms. The molecule has 2 heterocycles. The Balaban J connectivity index is 0.00000243. The first-order chi connectivity index (χ1) is 12.3. The number of hydrogen-bond acceptors (Lipinski definition) is 4. The summed E-state index contributed by atoms with van der Waals surface area (Å²) >= 11 is 0. The van der Waals surface area contributed by atoms with Crippen LogP contribution in [0.25, 0.3) is 0 Å². The third-order valence-electron chi connectivity index (χ3n) is 5.11. The molecule has 7 heteroatoms. The predicted molar refractivity (Wildman–Crippen MR) is 113 cm³/mol. The van der Waals surface area contributed by atoms with Crippen molar-refractivity contribution in [1.29, 1.82) is 0 Å². The third kappa shape index (κ3) is 5.23. The molecule has 1 aromatic carbocycles. The van der Waals surface area contributed by atoms with Crippen LogP contribution in [0.5, 0.6) is 5.75 Å². The number of aliphatic imine (C=N–C) groups is 1. The Morgan fingerprint density at radius 2 is 2.19 bits per heavy atom. The summed E-state index contributed by atoms with van der Waals surface area (Å²) in [5.74, 6) is 1.83. The van der Waals surface area contributed by atoms with Gasteiger partial charge < -0.3 is 24.4 Å². The van der Waals surface area contributed by atoms with Gasteiger partial charge in [0, 0.05) is 44.3 Å². The van der Waals surface area contributed by atoms with Crippen molar-refractivity contribution in [3.63, 3.8) is 0 Å². The van der Waals surface area contributed by atoms with E-state index >= 15 is 0 Å². The van der Waals surface area contributed by atoms with Gasteiger partial charge in [-0.2, -0.15) is 0 Å². The van der Waals surface area contributed by atoms with Crippen molar-refractivity contribution in [2.24, 2.45) is 10.4 Å². The highest BCUT2D eigenvalue weighted by Crippen LogP contribution is 2.38. The molecule has 6 nitrogen and oxygen atoms in total. The number of nitrogens with one attached hydrogen (secondary N) is 1. The molecular formula is C19H30IN3O3. The van der Waals surface area contributed by atoms with E-state index in [9.17, 15) is 0 Å². The Hall–Kier alpha value is -1.06. The van der Waals surface area contributed by atoms with Crippen LogP contribution in [0.1, 0.15) is 18.4 Å². The van der Waals surface area contributed by atoms with Crippen LogP contribution in [-0.4, -0.2) is 64.5 Å². The van der Waals surface area contributed by atoms with Gasteiger partial charge in [-0.3, -0.25) is 4.99 Å². The Labute approximate surface area is 173 Å². The summed E-state index contributed by atoms with van der Waals surface area (Å²) in [5, 5.41) is 3.41. The normalized spacial score (nSPS) is 22.5. The number of benzene rings is 1. The van der Waals surface area contributed by atoms with Crippen LogP contribution in [-0.2, 0) is 16.1 Å². The Bertz CT molecular complexity index is 591. The van der Waals surface area contributed by atoms with Crippen molar-refractivity contribution >= 4 is 29.9 Å². The molecule has 0 amide bonds. The van der Waals surface area contributed by atoms with Crippen LogP contribution in [0.15, 0.2) is 29.3 Å². The van der Waals surface area contributed by atoms with Crippen molar-refractivity contribution in [2.45, 2.75) is 19.4 Å². The lowest BCUT2D eigenvalue weighted by atomic mass is 9.87. The maximum atomic E-state index is 5.78. The van der Waals surface area contributed by atoms with Gasteiger partial charge in [-0.05, 0) is 18.9 Å². The lowest BCUT2D eigenvalue weighted by Gasteiger charge is -2.24. The van der Waals surface area contributed by atoms with Crippen LogP contribution < -0.4 is 10.1 Å². The molecule has 2 aliphatic heterocycles. The van der Waals surface area contributed by atoms with Crippen molar-refractivity contribution in [1.82, 2.24) is 10.2 Å². The van der Waals surface area contributed by atoms with E-state index in [0.29, 0.717) is 18.6 Å². The predicted octanol–water partition coefficient (Wildman–Crippen LogP) is 2.52. The summed E-state index contributed by atoms with van der Waals surface area (Å²) < 4.78 is 16.7. The third-order valence-corrected chi connectivity index (χ3v) is 5.11. The molecule has 26 heavy (non-hydrogen) atoms. The van der Waals surface area contributed by atoms with Crippen molar-refractivity contribution in [2.75, 3.05) is 53.6 Å². The molecule has 3 rings (SSSR count). The number of hydrogen-bond donors (Lipinski definition) is 1. The standard InChI is InChI=1S/C19H29N3O3.HI/c1-20-18(22-10-7-19(14-22)8-11-25-15-19)21-9-12-24-13-16-5-3-4-6-17(16)23-2;/h3-6H,7-15H2,1-2H3,(H,20,21);1H. The average molecular weight is 475 g/mol. The summed E-state index contributed by atoms with van der Waals surface area (Å²) in [5.41, 5.74) is 1.41. The van der Waals surface area contributed by atoms with Crippen LogP contribution in [0.3, 0.4) is 0 Å². The molecule has 0 saturated carbocycles. The van der Waals surface area contributed by atoms with Crippen LogP contribution >= 0.6 is 24.0 Å². The van der Waals surface area contributed by atoms with Gasteiger partial charge in [0.25, 0.3) is 0 Å². The maximum Gasteiger partial charge on any atom is 0.193 e. The largest absolute Gasteiger partial charge is 0.496 e. The highest BCUT2D eigenvalue weighted by atomic mass is 127. The zero-order valence-corrected chi connectivity index (χ0v) is 18.0. The summed E-state index contributed by atoms with van der Waals surface area (Å²) in [6.45, 7) is 5.79. The smallest absolute Gasteiger partial charge is 0.193 e. The fourth-order valence-corrected chi connectivity index (χ4v) is 3.66. The Morgan fingerprint density at radius 1 is 1.35 bits per heavy atom. The zero-order valence-electron chi connectivity index (χ0n) is 15.7. The van der Waals surface area contributed by atoms with Crippen molar-refractivity contribution < 1.29 is 14.2 Å². The van der Waals surface area contributed by atoms with E-state index in [0.717, 1.165) is 50.1 Å². The van der Waals surface area contributed by atoms with Gasteiger partial charge in [0.05, 0.1) is 26.9 Å². The quantitative estimate of drug-likeness (QED) is 0.297. The molecule has 2 saturated heterocycles. The number of para-hydroxylation sites is 1. The van der Waals surface area contributed by atoms with Gasteiger partial charge in [0.15, 0.2) is 5.96 Å². The van der Waals surface area contributed by atoms with Crippen molar-refractivity contribution in [3.8, 4) is 5.75 Å². The molecule has 1 aromatic rings. The molecule has 2 aliphatic rings. The minimum Gasteiger partial charge on any atom is -0.496 e. The summed E-state index contributed by atoms with van der Waals surface area (Å²) in [7, 11) is 3.52. The van der Waals surface area contributed by atoms with E-state index in [1.807, 2.05) is 31.3 Å². The minimum atomic E-state index is 0. The highest BCUT2D eigenvalue weighted by Gasteiger charge is 2.42. The van der Waals surface area contributed by atoms with E-state index in [1.165, 1.54) is 12.8 Å². The van der Waals surface area contributed by atoms with E-state index in [2.05, 4.69) is 15.2 Å². The lowest BCUT2D eigenvalue weighted by Crippen LogP contribution is -2.42. The highest BCUT2D eigenvalue weighted by molar-refractivity contribution is 14.0. The Kier molecular flexibility index (Phi) is 8.43. The second-order valence-electron chi connectivity index (χ2n) is 6.81.